The van der Waals surface area contributed by atoms with Gasteiger partial charge in [0, 0.05) is 25.7 Å². The molecular weight excluding hydrogens is 336 g/mol. The summed E-state index contributed by atoms with van der Waals surface area (Å²) in [6.07, 6.45) is 4.37. The molecule has 1 aromatic carbocycles. The largest absolute Gasteiger partial charge is 0.349 e. The van der Waals surface area contributed by atoms with Crippen molar-refractivity contribution in [1.29, 1.82) is 0 Å². The van der Waals surface area contributed by atoms with Gasteiger partial charge in [-0.05, 0) is 37.0 Å². The van der Waals surface area contributed by atoms with E-state index >= 15 is 0 Å². The second-order valence-corrected chi connectivity index (χ2v) is 8.80. The molecule has 1 fully saturated rings. The number of sulfonamides is 1. The number of amides is 1. The van der Waals surface area contributed by atoms with Crippen LogP contribution in [0.2, 0.25) is 5.02 Å². The second-order valence-electron chi connectivity index (χ2n) is 6.27. The number of nitrogens with one attached hydrogen (secondary N) is 1. The van der Waals surface area contributed by atoms with Crippen molar-refractivity contribution in [2.45, 2.75) is 43.5 Å². The molecule has 0 spiro atoms. The number of carbonyl (C=O) groups is 1. The lowest BCUT2D eigenvalue weighted by atomic mass is 9.86. The molecular formula is C16H23ClN2O3S. The highest BCUT2D eigenvalue weighted by molar-refractivity contribution is 7.89. The highest BCUT2D eigenvalue weighted by atomic mass is 35.5. The molecule has 1 N–H and O–H groups in total. The molecule has 2 rings (SSSR count). The first-order valence-corrected chi connectivity index (χ1v) is 9.58. The molecule has 0 radical (unpaired) electrons. The first-order chi connectivity index (χ1) is 10.7. The Hall–Kier alpha value is -1.11. The van der Waals surface area contributed by atoms with Crippen LogP contribution in [-0.4, -0.2) is 38.8 Å². The van der Waals surface area contributed by atoms with Gasteiger partial charge in [0.1, 0.15) is 4.90 Å². The summed E-state index contributed by atoms with van der Waals surface area (Å²) in [5, 5.41) is 3.13. The van der Waals surface area contributed by atoms with Crippen LogP contribution in [0.3, 0.4) is 0 Å². The molecule has 0 saturated heterocycles. The van der Waals surface area contributed by atoms with E-state index in [0.717, 1.165) is 23.6 Å². The van der Waals surface area contributed by atoms with Crippen LogP contribution in [0.25, 0.3) is 0 Å². The quantitative estimate of drug-likeness (QED) is 0.899. The zero-order valence-electron chi connectivity index (χ0n) is 13.7. The van der Waals surface area contributed by atoms with Crippen molar-refractivity contribution < 1.29 is 13.2 Å². The predicted molar refractivity (Wildman–Crippen MR) is 91.2 cm³/mol. The predicted octanol–water partition coefficient (Wildman–Crippen LogP) is 2.90. The Bertz CT molecular complexity index is 689. The first-order valence-electron chi connectivity index (χ1n) is 7.76. The van der Waals surface area contributed by atoms with Crippen LogP contribution < -0.4 is 5.32 Å². The fourth-order valence-electron chi connectivity index (χ4n) is 2.82. The molecule has 23 heavy (non-hydrogen) atoms. The normalized spacial score (nSPS) is 22.1. The van der Waals surface area contributed by atoms with Gasteiger partial charge in [0.2, 0.25) is 10.0 Å². The minimum absolute atomic E-state index is 0.0477. The number of hydrogen-bond acceptors (Lipinski definition) is 3. The maximum atomic E-state index is 12.5. The summed E-state index contributed by atoms with van der Waals surface area (Å²) < 4.78 is 25.6. The van der Waals surface area contributed by atoms with Gasteiger partial charge in [-0.25, -0.2) is 12.7 Å². The van der Waals surface area contributed by atoms with E-state index in [1.165, 1.54) is 32.6 Å². The Labute approximate surface area is 143 Å². The Kier molecular flexibility index (Phi) is 5.70. The summed E-state index contributed by atoms with van der Waals surface area (Å²) in [6, 6.07) is 4.50. The van der Waals surface area contributed by atoms with E-state index in [2.05, 4.69) is 12.2 Å². The van der Waals surface area contributed by atoms with Crippen molar-refractivity contribution in [1.82, 2.24) is 9.62 Å². The highest BCUT2D eigenvalue weighted by Gasteiger charge is 2.25. The molecule has 0 bridgehead atoms. The van der Waals surface area contributed by atoms with E-state index in [-0.39, 0.29) is 21.9 Å². The summed E-state index contributed by atoms with van der Waals surface area (Å²) >= 11 is 6.01. The van der Waals surface area contributed by atoms with Crippen molar-refractivity contribution in [3.05, 3.63) is 28.8 Å². The molecule has 1 aliphatic carbocycles. The smallest absolute Gasteiger partial charge is 0.251 e. The van der Waals surface area contributed by atoms with Gasteiger partial charge >= 0.3 is 0 Å². The molecule has 1 aromatic rings. The fraction of sp³-hybridized carbons (Fsp3) is 0.562. The lowest BCUT2D eigenvalue weighted by Crippen LogP contribution is -2.41. The van der Waals surface area contributed by atoms with Gasteiger partial charge in [-0.15, -0.1) is 0 Å². The van der Waals surface area contributed by atoms with Crippen LogP contribution in [0.15, 0.2) is 23.1 Å². The summed E-state index contributed by atoms with van der Waals surface area (Å²) in [4.78, 5) is 12.4. The molecule has 5 nitrogen and oxygen atoms in total. The SMILES string of the molecule is CC1CCCCC1NC(=O)c1ccc(Cl)c(S(=O)(=O)N(C)C)c1. The summed E-state index contributed by atoms with van der Waals surface area (Å²) in [7, 11) is -0.821. The molecule has 1 saturated carbocycles. The third-order valence-corrected chi connectivity index (χ3v) is 6.68. The van der Waals surface area contributed by atoms with Crippen LogP contribution in [0, 0.1) is 5.92 Å². The van der Waals surface area contributed by atoms with Crippen LogP contribution >= 0.6 is 11.6 Å². The topological polar surface area (TPSA) is 66.5 Å². The minimum Gasteiger partial charge on any atom is -0.349 e. The fourth-order valence-corrected chi connectivity index (χ4v) is 4.22. The van der Waals surface area contributed by atoms with Gasteiger partial charge < -0.3 is 5.32 Å². The lowest BCUT2D eigenvalue weighted by Gasteiger charge is -2.29. The average molecular weight is 359 g/mol. The number of halogens is 1. The van der Waals surface area contributed by atoms with E-state index < -0.39 is 10.0 Å². The van der Waals surface area contributed by atoms with Gasteiger partial charge in [-0.1, -0.05) is 31.4 Å². The number of hydrogen-bond donors (Lipinski definition) is 1. The van der Waals surface area contributed by atoms with Crippen LogP contribution in [0.4, 0.5) is 0 Å². The van der Waals surface area contributed by atoms with Crippen molar-refractivity contribution in [3.63, 3.8) is 0 Å². The Morgan fingerprint density at radius 1 is 1.26 bits per heavy atom. The monoisotopic (exact) mass is 358 g/mol. The molecule has 7 heteroatoms. The van der Waals surface area contributed by atoms with E-state index in [4.69, 9.17) is 11.6 Å². The van der Waals surface area contributed by atoms with E-state index in [9.17, 15) is 13.2 Å². The molecule has 128 valence electrons. The van der Waals surface area contributed by atoms with E-state index in [1.54, 1.807) is 6.07 Å². The molecule has 0 heterocycles. The average Bonchev–Trinajstić information content (AvgIpc) is 2.49. The summed E-state index contributed by atoms with van der Waals surface area (Å²) in [5.74, 6) is 0.181. The summed E-state index contributed by atoms with van der Waals surface area (Å²) in [6.45, 7) is 2.13. The molecule has 2 unspecified atom stereocenters. The minimum atomic E-state index is -3.69. The summed E-state index contributed by atoms with van der Waals surface area (Å²) in [5.41, 5.74) is 0.313. The zero-order valence-corrected chi connectivity index (χ0v) is 15.2. The van der Waals surface area contributed by atoms with Gasteiger partial charge in [-0.3, -0.25) is 4.79 Å². The number of rotatable bonds is 4. The molecule has 0 aliphatic heterocycles. The molecule has 1 amide bonds. The Morgan fingerprint density at radius 3 is 2.52 bits per heavy atom. The lowest BCUT2D eigenvalue weighted by molar-refractivity contribution is 0.0910. The molecule has 0 aromatic heterocycles. The van der Waals surface area contributed by atoms with Crippen molar-refractivity contribution in [2.75, 3.05) is 14.1 Å². The van der Waals surface area contributed by atoms with Gasteiger partial charge in [0.15, 0.2) is 0 Å². The van der Waals surface area contributed by atoms with Crippen LogP contribution in [0.1, 0.15) is 43.0 Å². The molecule has 1 aliphatic rings. The van der Waals surface area contributed by atoms with Crippen molar-refractivity contribution >= 4 is 27.5 Å². The van der Waals surface area contributed by atoms with Crippen molar-refractivity contribution in [3.8, 4) is 0 Å². The Morgan fingerprint density at radius 2 is 1.91 bits per heavy atom. The second kappa shape index (κ2) is 7.20. The molecule has 2 atom stereocenters. The number of nitrogens with zero attached hydrogens (tertiary/aromatic N) is 1. The van der Waals surface area contributed by atoms with Crippen LogP contribution in [-0.2, 0) is 10.0 Å². The zero-order chi connectivity index (χ0) is 17.2. The Balaban J connectivity index is 2.25. The van der Waals surface area contributed by atoms with Crippen molar-refractivity contribution in [2.24, 2.45) is 5.92 Å². The third kappa shape index (κ3) is 4.05. The van der Waals surface area contributed by atoms with Gasteiger partial charge in [-0.2, -0.15) is 0 Å². The highest BCUT2D eigenvalue weighted by Crippen LogP contribution is 2.26. The maximum Gasteiger partial charge on any atom is 0.251 e. The third-order valence-electron chi connectivity index (χ3n) is 4.38. The standard InChI is InChI=1S/C16H23ClN2O3S/c1-11-6-4-5-7-14(11)18-16(20)12-8-9-13(17)15(10-12)23(21,22)19(2)3/h8-11,14H,4-7H2,1-3H3,(H,18,20). The van der Waals surface area contributed by atoms with E-state index in [0.29, 0.717) is 11.5 Å². The first kappa shape index (κ1) is 18.2. The van der Waals surface area contributed by atoms with E-state index in [1.807, 2.05) is 0 Å². The van der Waals surface area contributed by atoms with Gasteiger partial charge in [0.25, 0.3) is 5.91 Å². The van der Waals surface area contributed by atoms with Gasteiger partial charge in [0.05, 0.1) is 5.02 Å². The number of carbonyl (C=O) groups excluding carboxylic acids is 1. The maximum absolute atomic E-state index is 12.5. The number of benzene rings is 1. The van der Waals surface area contributed by atoms with Crippen LogP contribution in [0.5, 0.6) is 0 Å².